The molecule has 0 spiro atoms. The molecule has 0 heterocycles. The molecule has 0 N–H and O–H groups in total. The molecule has 1 saturated carbocycles. The lowest BCUT2D eigenvalue weighted by atomic mass is 9.84. The molecule has 0 aliphatic heterocycles. The van der Waals surface area contributed by atoms with Gasteiger partial charge < -0.3 is 0 Å². The molecular formula is C25H30O. The Hall–Kier alpha value is -2.15. The van der Waals surface area contributed by atoms with Gasteiger partial charge in [0.2, 0.25) is 0 Å². The predicted molar refractivity (Wildman–Crippen MR) is 111 cm³/mol. The van der Waals surface area contributed by atoms with Gasteiger partial charge in [-0.3, -0.25) is 4.79 Å². The minimum absolute atomic E-state index is 0.0572. The number of hydrogen-bond donors (Lipinski definition) is 0. The fourth-order valence-electron chi connectivity index (χ4n) is 3.72. The first-order valence-corrected chi connectivity index (χ1v) is 9.86. The van der Waals surface area contributed by atoms with Gasteiger partial charge in [0.05, 0.1) is 0 Å². The number of allylic oxidation sites excluding steroid dienone is 1. The standard InChI is InChI=1S/C25H30O/c1-25(2,3)23-16-14-22(15-17-23)24(26)18-11-19-9-12-21(13-10-19)20-7-5-4-6-8-20/h9-18,20H,4-8H2,1-3H3/b18-11+. The third kappa shape index (κ3) is 4.72. The van der Waals surface area contributed by atoms with Gasteiger partial charge in [-0.2, -0.15) is 0 Å². The average Bonchev–Trinajstić information content (AvgIpc) is 2.66. The van der Waals surface area contributed by atoms with Crippen molar-refractivity contribution in [2.24, 2.45) is 0 Å². The van der Waals surface area contributed by atoms with Crippen molar-refractivity contribution < 1.29 is 4.79 Å². The molecule has 26 heavy (non-hydrogen) atoms. The number of hydrogen-bond acceptors (Lipinski definition) is 1. The van der Waals surface area contributed by atoms with E-state index in [0.717, 1.165) is 17.0 Å². The van der Waals surface area contributed by atoms with Crippen molar-refractivity contribution in [3.63, 3.8) is 0 Å². The fraction of sp³-hybridized carbons (Fsp3) is 0.400. The number of carbonyl (C=O) groups excluding carboxylic acids is 1. The van der Waals surface area contributed by atoms with Crippen LogP contribution in [-0.4, -0.2) is 5.78 Å². The molecule has 0 amide bonds. The number of benzene rings is 2. The molecule has 0 radical (unpaired) electrons. The van der Waals surface area contributed by atoms with E-state index in [1.807, 2.05) is 18.2 Å². The van der Waals surface area contributed by atoms with Crippen LogP contribution in [0.15, 0.2) is 54.6 Å². The molecule has 0 bridgehead atoms. The molecule has 0 saturated heterocycles. The van der Waals surface area contributed by atoms with E-state index in [0.29, 0.717) is 0 Å². The Kier molecular flexibility index (Phi) is 5.76. The highest BCUT2D eigenvalue weighted by atomic mass is 16.1. The average molecular weight is 347 g/mol. The maximum atomic E-state index is 12.4. The van der Waals surface area contributed by atoms with Gasteiger partial charge in [-0.15, -0.1) is 0 Å². The number of rotatable bonds is 4. The van der Waals surface area contributed by atoms with E-state index in [9.17, 15) is 4.79 Å². The van der Waals surface area contributed by atoms with Gasteiger partial charge >= 0.3 is 0 Å². The Morgan fingerprint density at radius 1 is 0.885 bits per heavy atom. The van der Waals surface area contributed by atoms with Crippen LogP contribution < -0.4 is 0 Å². The van der Waals surface area contributed by atoms with Crippen molar-refractivity contribution in [2.45, 2.75) is 64.2 Å². The first kappa shape index (κ1) is 18.6. The molecule has 1 heteroatoms. The second kappa shape index (κ2) is 8.03. The third-order valence-electron chi connectivity index (χ3n) is 5.48. The predicted octanol–water partition coefficient (Wildman–Crippen LogP) is 6.93. The topological polar surface area (TPSA) is 17.1 Å². The Balaban J connectivity index is 1.64. The summed E-state index contributed by atoms with van der Waals surface area (Å²) >= 11 is 0. The van der Waals surface area contributed by atoms with Crippen molar-refractivity contribution in [1.29, 1.82) is 0 Å². The Bertz CT molecular complexity index is 751. The lowest BCUT2D eigenvalue weighted by Gasteiger charge is -2.21. The summed E-state index contributed by atoms with van der Waals surface area (Å²) in [6, 6.07) is 16.7. The molecule has 136 valence electrons. The second-order valence-corrected chi connectivity index (χ2v) is 8.53. The molecule has 1 aliphatic rings. The maximum Gasteiger partial charge on any atom is 0.185 e. The fourth-order valence-corrected chi connectivity index (χ4v) is 3.72. The van der Waals surface area contributed by atoms with E-state index in [-0.39, 0.29) is 11.2 Å². The highest BCUT2D eigenvalue weighted by Crippen LogP contribution is 2.32. The Labute approximate surface area is 158 Å². The second-order valence-electron chi connectivity index (χ2n) is 8.53. The van der Waals surface area contributed by atoms with Crippen molar-refractivity contribution in [3.05, 3.63) is 76.9 Å². The molecule has 1 aliphatic carbocycles. The summed E-state index contributed by atoms with van der Waals surface area (Å²) in [5.41, 5.74) is 4.64. The molecule has 0 unspecified atom stereocenters. The smallest absolute Gasteiger partial charge is 0.185 e. The van der Waals surface area contributed by atoms with Crippen molar-refractivity contribution in [2.75, 3.05) is 0 Å². The molecule has 0 aromatic heterocycles. The lowest BCUT2D eigenvalue weighted by Crippen LogP contribution is -2.11. The Morgan fingerprint density at radius 2 is 1.50 bits per heavy atom. The van der Waals surface area contributed by atoms with Gasteiger partial charge in [0.15, 0.2) is 5.78 Å². The molecule has 1 fully saturated rings. The zero-order valence-corrected chi connectivity index (χ0v) is 16.3. The van der Waals surface area contributed by atoms with Crippen molar-refractivity contribution >= 4 is 11.9 Å². The van der Waals surface area contributed by atoms with Crippen LogP contribution >= 0.6 is 0 Å². The van der Waals surface area contributed by atoms with Crippen molar-refractivity contribution in [1.82, 2.24) is 0 Å². The van der Waals surface area contributed by atoms with Gasteiger partial charge in [0.1, 0.15) is 0 Å². The van der Waals surface area contributed by atoms with Crippen LogP contribution in [0.1, 0.15) is 85.8 Å². The summed E-state index contributed by atoms with van der Waals surface area (Å²) in [5.74, 6) is 0.784. The summed E-state index contributed by atoms with van der Waals surface area (Å²) in [6.45, 7) is 6.54. The molecular weight excluding hydrogens is 316 g/mol. The zero-order valence-electron chi connectivity index (χ0n) is 16.3. The van der Waals surface area contributed by atoms with Gasteiger partial charge in [-0.05, 0) is 46.9 Å². The normalized spacial score (nSPS) is 16.1. The first-order valence-electron chi connectivity index (χ1n) is 9.86. The first-order chi connectivity index (χ1) is 12.4. The zero-order chi connectivity index (χ0) is 18.6. The van der Waals surface area contributed by atoms with Gasteiger partial charge in [-0.25, -0.2) is 0 Å². The summed E-state index contributed by atoms with van der Waals surface area (Å²) in [7, 11) is 0. The van der Waals surface area contributed by atoms with Crippen LogP contribution in [0.3, 0.4) is 0 Å². The van der Waals surface area contributed by atoms with E-state index >= 15 is 0 Å². The van der Waals surface area contributed by atoms with Crippen LogP contribution in [-0.2, 0) is 5.41 Å². The number of carbonyl (C=O) groups is 1. The Morgan fingerprint density at radius 3 is 2.08 bits per heavy atom. The van der Waals surface area contributed by atoms with Gasteiger partial charge in [0.25, 0.3) is 0 Å². The van der Waals surface area contributed by atoms with E-state index < -0.39 is 0 Å². The largest absolute Gasteiger partial charge is 0.289 e. The minimum atomic E-state index is 0.0572. The van der Waals surface area contributed by atoms with Crippen LogP contribution in [0, 0.1) is 0 Å². The highest BCUT2D eigenvalue weighted by molar-refractivity contribution is 6.06. The quantitative estimate of drug-likeness (QED) is 0.433. The maximum absolute atomic E-state index is 12.4. The summed E-state index contributed by atoms with van der Waals surface area (Å²) < 4.78 is 0. The number of ketones is 1. The van der Waals surface area contributed by atoms with Crippen molar-refractivity contribution in [3.8, 4) is 0 Å². The highest BCUT2D eigenvalue weighted by Gasteiger charge is 2.15. The SMILES string of the molecule is CC(C)(C)c1ccc(C(=O)/C=C/c2ccc(C3CCCCC3)cc2)cc1. The van der Waals surface area contributed by atoms with E-state index in [4.69, 9.17) is 0 Å². The molecule has 3 rings (SSSR count). The summed E-state index contributed by atoms with van der Waals surface area (Å²) in [6.07, 6.45) is 10.3. The van der Waals surface area contributed by atoms with E-state index in [2.05, 4.69) is 57.2 Å². The van der Waals surface area contributed by atoms with E-state index in [1.54, 1.807) is 6.08 Å². The van der Waals surface area contributed by atoms with E-state index in [1.165, 1.54) is 43.2 Å². The molecule has 1 nitrogen and oxygen atoms in total. The van der Waals surface area contributed by atoms with Gasteiger partial charge in [-0.1, -0.05) is 94.6 Å². The van der Waals surface area contributed by atoms with Crippen LogP contribution in [0.2, 0.25) is 0 Å². The molecule has 2 aromatic rings. The van der Waals surface area contributed by atoms with Crippen LogP contribution in [0.25, 0.3) is 6.08 Å². The van der Waals surface area contributed by atoms with Crippen LogP contribution in [0.5, 0.6) is 0 Å². The van der Waals surface area contributed by atoms with Gasteiger partial charge in [0, 0.05) is 5.56 Å². The monoisotopic (exact) mass is 346 g/mol. The third-order valence-corrected chi connectivity index (χ3v) is 5.48. The summed E-state index contributed by atoms with van der Waals surface area (Å²) in [5, 5.41) is 0. The molecule has 0 atom stereocenters. The molecule has 2 aromatic carbocycles. The lowest BCUT2D eigenvalue weighted by molar-refractivity contribution is 0.104. The van der Waals surface area contributed by atoms with Crippen LogP contribution in [0.4, 0.5) is 0 Å². The minimum Gasteiger partial charge on any atom is -0.289 e. The summed E-state index contributed by atoms with van der Waals surface area (Å²) in [4.78, 5) is 12.4.